The predicted octanol–water partition coefficient (Wildman–Crippen LogP) is 0.923. The Morgan fingerprint density at radius 2 is 2.19 bits per heavy atom. The number of nitrogens with zero attached hydrogens (tertiary/aromatic N) is 2. The van der Waals surface area contributed by atoms with Crippen LogP contribution in [-0.4, -0.2) is 48.5 Å². The summed E-state index contributed by atoms with van der Waals surface area (Å²) >= 11 is 0. The highest BCUT2D eigenvalue weighted by atomic mass is 32.2. The van der Waals surface area contributed by atoms with Crippen molar-refractivity contribution in [3.05, 3.63) is 30.5 Å². The van der Waals surface area contributed by atoms with Crippen LogP contribution in [-0.2, 0) is 10.0 Å². The molecule has 112 valence electrons. The van der Waals surface area contributed by atoms with Crippen LogP contribution in [0.5, 0.6) is 5.75 Å². The number of phenols is 1. The first-order chi connectivity index (χ1) is 10.0. The number of hydrogen-bond acceptors (Lipinski definition) is 5. The summed E-state index contributed by atoms with van der Waals surface area (Å²) in [5, 5.41) is 13.5. The highest BCUT2D eigenvalue weighted by Crippen LogP contribution is 2.31. The number of hydrogen-bond donors (Lipinski definition) is 2. The molecule has 1 unspecified atom stereocenters. The molecule has 0 bridgehead atoms. The molecule has 21 heavy (non-hydrogen) atoms. The normalized spacial score (nSPS) is 20.7. The molecule has 0 amide bonds. The monoisotopic (exact) mass is 307 g/mol. The second-order valence-corrected chi connectivity index (χ2v) is 7.01. The van der Waals surface area contributed by atoms with Gasteiger partial charge in [0.1, 0.15) is 11.3 Å². The van der Waals surface area contributed by atoms with Crippen molar-refractivity contribution in [3.63, 3.8) is 0 Å². The summed E-state index contributed by atoms with van der Waals surface area (Å²) in [6, 6.07) is 6.06. The van der Waals surface area contributed by atoms with Crippen LogP contribution in [0.2, 0.25) is 0 Å². The van der Waals surface area contributed by atoms with Crippen molar-refractivity contribution in [2.24, 2.45) is 0 Å². The maximum Gasteiger partial charge on any atom is 0.244 e. The van der Waals surface area contributed by atoms with Gasteiger partial charge in [0.15, 0.2) is 0 Å². The molecule has 1 fully saturated rings. The second-order valence-electron chi connectivity index (χ2n) is 5.15. The van der Waals surface area contributed by atoms with Gasteiger partial charge in [-0.3, -0.25) is 4.98 Å². The summed E-state index contributed by atoms with van der Waals surface area (Å²) in [4.78, 5) is 4.27. The summed E-state index contributed by atoms with van der Waals surface area (Å²) in [5.74, 6) is -0.0158. The first-order valence-electron chi connectivity index (χ1n) is 6.81. The van der Waals surface area contributed by atoms with E-state index in [1.165, 1.54) is 22.6 Å². The summed E-state index contributed by atoms with van der Waals surface area (Å²) in [5.41, 5.74) is 0.307. The summed E-state index contributed by atoms with van der Waals surface area (Å²) in [6.45, 7) is 3.59. The second kappa shape index (κ2) is 5.25. The number of piperazine rings is 1. The van der Waals surface area contributed by atoms with E-state index in [0.717, 1.165) is 0 Å². The molecule has 2 aromatic rings. The van der Waals surface area contributed by atoms with E-state index in [1.807, 2.05) is 6.92 Å². The molecule has 0 aliphatic carbocycles. The molecule has 0 saturated carbocycles. The van der Waals surface area contributed by atoms with E-state index in [1.54, 1.807) is 12.1 Å². The molecule has 0 radical (unpaired) electrons. The van der Waals surface area contributed by atoms with E-state index in [4.69, 9.17) is 0 Å². The lowest BCUT2D eigenvalue weighted by molar-refractivity contribution is 0.284. The van der Waals surface area contributed by atoms with E-state index >= 15 is 0 Å². The molecular formula is C14H17N3O3S. The Morgan fingerprint density at radius 1 is 1.38 bits per heavy atom. The van der Waals surface area contributed by atoms with Crippen LogP contribution >= 0.6 is 0 Å². The van der Waals surface area contributed by atoms with Crippen LogP contribution in [0.25, 0.3) is 10.9 Å². The third kappa shape index (κ3) is 2.37. The smallest absolute Gasteiger partial charge is 0.244 e. The lowest BCUT2D eigenvalue weighted by atomic mass is 10.2. The van der Waals surface area contributed by atoms with Gasteiger partial charge in [0, 0.05) is 37.3 Å². The first-order valence-corrected chi connectivity index (χ1v) is 8.25. The largest absolute Gasteiger partial charge is 0.506 e. The number of benzene rings is 1. The van der Waals surface area contributed by atoms with Crippen LogP contribution in [0.1, 0.15) is 6.92 Å². The Labute approximate surface area is 123 Å². The molecule has 2 heterocycles. The Morgan fingerprint density at radius 3 is 2.95 bits per heavy atom. The fraction of sp³-hybridized carbons (Fsp3) is 0.357. The van der Waals surface area contributed by atoms with Crippen molar-refractivity contribution in [1.82, 2.24) is 14.6 Å². The maximum absolute atomic E-state index is 12.9. The first kappa shape index (κ1) is 14.2. The molecule has 7 heteroatoms. The minimum atomic E-state index is -3.61. The molecule has 1 aromatic heterocycles. The molecule has 1 aliphatic rings. The van der Waals surface area contributed by atoms with Crippen LogP contribution < -0.4 is 5.32 Å². The summed E-state index contributed by atoms with van der Waals surface area (Å²) < 4.78 is 27.3. The van der Waals surface area contributed by atoms with Crippen molar-refractivity contribution in [1.29, 1.82) is 0 Å². The average Bonchev–Trinajstić information content (AvgIpc) is 2.48. The standard InChI is InChI=1S/C14H17N3O3S/c1-10-9-15-7-8-17(10)21(19,20)13-5-4-12(18)14-11(13)3-2-6-16-14/h2-6,10,15,18H,7-9H2,1H3. The Kier molecular flexibility index (Phi) is 3.56. The molecule has 0 spiro atoms. The molecule has 6 nitrogen and oxygen atoms in total. The fourth-order valence-electron chi connectivity index (χ4n) is 2.66. The number of nitrogens with one attached hydrogen (secondary N) is 1. The lowest BCUT2D eigenvalue weighted by Crippen LogP contribution is -2.52. The Hall–Kier alpha value is -1.70. The van der Waals surface area contributed by atoms with Gasteiger partial charge < -0.3 is 10.4 Å². The maximum atomic E-state index is 12.9. The summed E-state index contributed by atoms with van der Waals surface area (Å²) in [6.07, 6.45) is 1.53. The lowest BCUT2D eigenvalue weighted by Gasteiger charge is -2.33. The number of rotatable bonds is 2. The topological polar surface area (TPSA) is 82.5 Å². The van der Waals surface area contributed by atoms with Gasteiger partial charge in [-0.15, -0.1) is 0 Å². The molecule has 1 aliphatic heterocycles. The SMILES string of the molecule is CC1CNCCN1S(=O)(=O)c1ccc(O)c2ncccc12. The number of aromatic nitrogens is 1. The van der Waals surface area contributed by atoms with Crippen molar-refractivity contribution < 1.29 is 13.5 Å². The van der Waals surface area contributed by atoms with Gasteiger partial charge in [-0.05, 0) is 31.2 Å². The predicted molar refractivity (Wildman–Crippen MR) is 79.6 cm³/mol. The van der Waals surface area contributed by atoms with E-state index < -0.39 is 10.0 Å². The number of pyridine rings is 1. The molecule has 1 atom stereocenters. The van der Waals surface area contributed by atoms with Crippen LogP contribution in [0, 0.1) is 0 Å². The van der Waals surface area contributed by atoms with Gasteiger partial charge >= 0.3 is 0 Å². The zero-order valence-corrected chi connectivity index (χ0v) is 12.5. The Bertz CT molecular complexity index is 776. The van der Waals surface area contributed by atoms with E-state index in [9.17, 15) is 13.5 Å². The molecule has 1 aromatic carbocycles. The van der Waals surface area contributed by atoms with Gasteiger partial charge in [-0.1, -0.05) is 0 Å². The van der Waals surface area contributed by atoms with Crippen LogP contribution in [0.4, 0.5) is 0 Å². The Balaban J connectivity index is 2.17. The molecule has 1 saturated heterocycles. The van der Waals surface area contributed by atoms with Crippen molar-refractivity contribution >= 4 is 20.9 Å². The van der Waals surface area contributed by atoms with Crippen molar-refractivity contribution in [2.45, 2.75) is 17.9 Å². The molecule has 3 rings (SSSR count). The zero-order valence-electron chi connectivity index (χ0n) is 11.7. The van der Waals surface area contributed by atoms with Gasteiger partial charge in [0.2, 0.25) is 10.0 Å². The van der Waals surface area contributed by atoms with E-state index in [-0.39, 0.29) is 16.7 Å². The quantitative estimate of drug-likeness (QED) is 0.862. The third-order valence-corrected chi connectivity index (χ3v) is 5.81. The molecule has 2 N–H and O–H groups in total. The van der Waals surface area contributed by atoms with Crippen molar-refractivity contribution in [3.8, 4) is 5.75 Å². The van der Waals surface area contributed by atoms with E-state index in [0.29, 0.717) is 30.5 Å². The minimum absolute atomic E-state index is 0.0158. The third-order valence-electron chi connectivity index (χ3n) is 3.74. The summed E-state index contributed by atoms with van der Waals surface area (Å²) in [7, 11) is -3.61. The van der Waals surface area contributed by atoms with E-state index in [2.05, 4.69) is 10.3 Å². The highest BCUT2D eigenvalue weighted by molar-refractivity contribution is 7.89. The fourth-order valence-corrected chi connectivity index (χ4v) is 4.48. The van der Waals surface area contributed by atoms with Gasteiger partial charge in [-0.25, -0.2) is 8.42 Å². The van der Waals surface area contributed by atoms with Crippen molar-refractivity contribution in [2.75, 3.05) is 19.6 Å². The zero-order chi connectivity index (χ0) is 15.0. The van der Waals surface area contributed by atoms with Crippen LogP contribution in [0.3, 0.4) is 0 Å². The number of sulfonamides is 1. The number of phenolic OH excluding ortho intramolecular Hbond substituents is 1. The van der Waals surface area contributed by atoms with Crippen LogP contribution in [0.15, 0.2) is 35.4 Å². The number of fused-ring (bicyclic) bond motifs is 1. The molecular weight excluding hydrogens is 290 g/mol. The minimum Gasteiger partial charge on any atom is -0.506 e. The van der Waals surface area contributed by atoms with Gasteiger partial charge in [0.05, 0.1) is 4.90 Å². The average molecular weight is 307 g/mol. The van der Waals surface area contributed by atoms with Gasteiger partial charge in [0.25, 0.3) is 0 Å². The number of aromatic hydroxyl groups is 1. The highest BCUT2D eigenvalue weighted by Gasteiger charge is 2.32. The van der Waals surface area contributed by atoms with Gasteiger partial charge in [-0.2, -0.15) is 4.31 Å².